The lowest BCUT2D eigenvalue weighted by Gasteiger charge is -2.63. The zero-order chi connectivity index (χ0) is 20.9. The molecule has 0 radical (unpaired) electrons. The van der Waals surface area contributed by atoms with E-state index < -0.39 is 0 Å². The molecule has 6 rings (SSSR count). The maximum Gasteiger partial charge on any atom is 0.322 e. The van der Waals surface area contributed by atoms with Gasteiger partial charge in [-0.25, -0.2) is 9.78 Å². The van der Waals surface area contributed by atoms with Gasteiger partial charge in [0.05, 0.1) is 10.6 Å². The SMILES string of the molecule is C[C@H]1C[C@@H]2C[C@](CNCC3CC3)(C1)N2C(=O)Nc1ccc(Cl)c(-c2ncn(C)n2)c1. The van der Waals surface area contributed by atoms with Gasteiger partial charge >= 0.3 is 6.03 Å². The molecule has 7 nitrogen and oxygen atoms in total. The molecule has 4 aliphatic rings. The standard InChI is InChI=1S/C22H29ClN6O/c1-14-7-17-10-22(9-14,12-24-11-15-3-4-15)29(17)21(30)26-16-5-6-19(23)18(8-16)20-25-13-28(2)27-20/h5-6,8,13-15,17,24H,3-4,7,9-12H2,1-2H3,(H,26,30)/t14-,17+,22-/m0/s1. The van der Waals surface area contributed by atoms with Gasteiger partial charge in [0.15, 0.2) is 5.82 Å². The number of carbonyl (C=O) groups is 1. The molecule has 160 valence electrons. The maximum atomic E-state index is 13.3. The van der Waals surface area contributed by atoms with Gasteiger partial charge in [0.25, 0.3) is 0 Å². The molecule has 0 unspecified atom stereocenters. The van der Waals surface area contributed by atoms with E-state index in [-0.39, 0.29) is 11.6 Å². The van der Waals surface area contributed by atoms with Crippen molar-refractivity contribution in [1.82, 2.24) is 25.0 Å². The molecule has 2 aliphatic carbocycles. The number of anilines is 1. The van der Waals surface area contributed by atoms with Gasteiger partial charge < -0.3 is 15.5 Å². The summed E-state index contributed by atoms with van der Waals surface area (Å²) in [5.41, 5.74) is 1.37. The number of carbonyl (C=O) groups excluding carboxylic acids is 1. The topological polar surface area (TPSA) is 75.1 Å². The molecule has 4 fully saturated rings. The van der Waals surface area contributed by atoms with Gasteiger partial charge in [0.2, 0.25) is 0 Å². The van der Waals surface area contributed by atoms with Gasteiger partial charge in [0.1, 0.15) is 6.33 Å². The first kappa shape index (κ1) is 19.8. The molecule has 8 heteroatoms. The minimum Gasteiger partial charge on any atom is -0.314 e. The van der Waals surface area contributed by atoms with Gasteiger partial charge in [-0.15, -0.1) is 0 Å². The zero-order valence-corrected chi connectivity index (χ0v) is 18.3. The van der Waals surface area contributed by atoms with Gasteiger partial charge in [-0.2, -0.15) is 5.10 Å². The smallest absolute Gasteiger partial charge is 0.314 e. The first-order chi connectivity index (χ1) is 14.4. The number of benzene rings is 1. The molecule has 2 saturated heterocycles. The fourth-order valence-electron chi connectivity index (χ4n) is 5.33. The second kappa shape index (κ2) is 7.54. The van der Waals surface area contributed by atoms with Crippen LogP contribution in [0, 0.1) is 11.8 Å². The summed E-state index contributed by atoms with van der Waals surface area (Å²) < 4.78 is 1.64. The lowest BCUT2D eigenvalue weighted by Crippen LogP contribution is -2.75. The number of halogens is 1. The van der Waals surface area contributed by atoms with Crippen LogP contribution in [0.25, 0.3) is 11.4 Å². The molecule has 2 aromatic rings. The number of nitrogens with zero attached hydrogens (tertiary/aromatic N) is 4. The highest BCUT2D eigenvalue weighted by Gasteiger charge is 2.57. The van der Waals surface area contributed by atoms with Crippen LogP contribution in [0.1, 0.15) is 39.0 Å². The predicted octanol–water partition coefficient (Wildman–Crippen LogP) is 3.91. The number of urea groups is 1. The number of aryl methyl sites for hydroxylation is 1. The fraction of sp³-hybridized carbons (Fsp3) is 0.591. The van der Waals surface area contributed by atoms with E-state index in [4.69, 9.17) is 11.6 Å². The third-order valence-corrected chi connectivity index (χ3v) is 7.09. The quantitative estimate of drug-likeness (QED) is 0.731. The minimum absolute atomic E-state index is 0.0198. The van der Waals surface area contributed by atoms with Crippen molar-refractivity contribution in [2.75, 3.05) is 18.4 Å². The van der Waals surface area contributed by atoms with E-state index in [0.717, 1.165) is 38.3 Å². The molecule has 3 heterocycles. The molecule has 1 aromatic heterocycles. The Bertz CT molecular complexity index is 957. The molecule has 30 heavy (non-hydrogen) atoms. The van der Waals surface area contributed by atoms with Crippen molar-refractivity contribution in [3.63, 3.8) is 0 Å². The highest BCUT2D eigenvalue weighted by molar-refractivity contribution is 6.33. The number of nitrogens with one attached hydrogen (secondary N) is 2. The van der Waals surface area contributed by atoms with Gasteiger partial charge in [-0.1, -0.05) is 18.5 Å². The molecule has 0 spiro atoms. The Hall–Kier alpha value is -2.12. The summed E-state index contributed by atoms with van der Waals surface area (Å²) in [5.74, 6) is 2.05. The first-order valence-electron chi connectivity index (χ1n) is 10.9. The molecule has 2 aliphatic heterocycles. The molecule has 1 aromatic carbocycles. The molecule has 3 atom stereocenters. The number of rotatable bonds is 6. The molecule has 2 N–H and O–H groups in total. The van der Waals surface area contributed by atoms with Gasteiger partial charge in [-0.05, 0) is 68.7 Å². The van der Waals surface area contributed by atoms with Crippen LogP contribution in [0.15, 0.2) is 24.5 Å². The van der Waals surface area contributed by atoms with E-state index in [2.05, 4.69) is 32.5 Å². The summed E-state index contributed by atoms with van der Waals surface area (Å²) in [5, 5.41) is 11.7. The van der Waals surface area contributed by atoms with Crippen LogP contribution in [0.5, 0.6) is 0 Å². The van der Waals surface area contributed by atoms with Crippen molar-refractivity contribution in [2.24, 2.45) is 18.9 Å². The molecular weight excluding hydrogens is 400 g/mol. The summed E-state index contributed by atoms with van der Waals surface area (Å²) in [6.07, 6.45) is 7.57. The van der Waals surface area contributed by atoms with Crippen molar-refractivity contribution >= 4 is 23.3 Å². The third-order valence-electron chi connectivity index (χ3n) is 6.76. The Labute approximate surface area is 182 Å². The Morgan fingerprint density at radius 3 is 2.90 bits per heavy atom. The Morgan fingerprint density at radius 1 is 1.33 bits per heavy atom. The Kier molecular flexibility index (Phi) is 4.98. The maximum absolute atomic E-state index is 13.3. The predicted molar refractivity (Wildman–Crippen MR) is 117 cm³/mol. The summed E-state index contributed by atoms with van der Waals surface area (Å²) in [6.45, 7) is 4.28. The van der Waals surface area contributed by atoms with E-state index in [1.165, 1.54) is 12.8 Å². The Morgan fingerprint density at radius 2 is 2.17 bits per heavy atom. The minimum atomic E-state index is -0.0564. The average Bonchev–Trinajstić information content (AvgIpc) is 3.41. The van der Waals surface area contributed by atoms with Crippen LogP contribution in [0.2, 0.25) is 5.02 Å². The number of amides is 2. The summed E-state index contributed by atoms with van der Waals surface area (Å²) in [4.78, 5) is 19.7. The van der Waals surface area contributed by atoms with Crippen LogP contribution in [0.4, 0.5) is 10.5 Å². The van der Waals surface area contributed by atoms with E-state index in [0.29, 0.717) is 34.1 Å². The summed E-state index contributed by atoms with van der Waals surface area (Å²) in [7, 11) is 1.82. The third kappa shape index (κ3) is 3.69. The lowest BCUT2D eigenvalue weighted by molar-refractivity contribution is -0.0876. The van der Waals surface area contributed by atoms with E-state index >= 15 is 0 Å². The van der Waals surface area contributed by atoms with Crippen LogP contribution >= 0.6 is 11.6 Å². The number of hydrogen-bond donors (Lipinski definition) is 2. The molecule has 2 bridgehead atoms. The first-order valence-corrected chi connectivity index (χ1v) is 11.3. The second-order valence-electron chi connectivity index (χ2n) is 9.44. The van der Waals surface area contributed by atoms with E-state index in [1.54, 1.807) is 17.1 Å². The number of piperidine rings is 1. The largest absolute Gasteiger partial charge is 0.322 e. The molecular formula is C22H29ClN6O. The highest BCUT2D eigenvalue weighted by Crippen LogP contribution is 2.49. The van der Waals surface area contributed by atoms with Crippen LogP contribution < -0.4 is 10.6 Å². The molecule has 2 saturated carbocycles. The lowest BCUT2D eigenvalue weighted by atomic mass is 9.64. The zero-order valence-electron chi connectivity index (χ0n) is 17.6. The number of aromatic nitrogens is 3. The van der Waals surface area contributed by atoms with Crippen LogP contribution in [-0.2, 0) is 7.05 Å². The Balaban J connectivity index is 1.31. The fourth-order valence-corrected chi connectivity index (χ4v) is 5.53. The number of hydrogen-bond acceptors (Lipinski definition) is 4. The summed E-state index contributed by atoms with van der Waals surface area (Å²) in [6, 6.07) is 5.79. The van der Waals surface area contributed by atoms with E-state index in [1.807, 2.05) is 19.2 Å². The summed E-state index contributed by atoms with van der Waals surface area (Å²) >= 11 is 6.36. The van der Waals surface area contributed by atoms with Crippen molar-refractivity contribution in [3.8, 4) is 11.4 Å². The average molecular weight is 429 g/mol. The van der Waals surface area contributed by atoms with Gasteiger partial charge in [0, 0.05) is 30.9 Å². The van der Waals surface area contributed by atoms with Crippen molar-refractivity contribution in [3.05, 3.63) is 29.5 Å². The molecule has 2 amide bonds. The van der Waals surface area contributed by atoms with Crippen molar-refractivity contribution < 1.29 is 4.79 Å². The van der Waals surface area contributed by atoms with Crippen molar-refractivity contribution in [2.45, 2.75) is 50.6 Å². The monoisotopic (exact) mass is 428 g/mol. The van der Waals surface area contributed by atoms with E-state index in [9.17, 15) is 4.79 Å². The van der Waals surface area contributed by atoms with Gasteiger partial charge in [-0.3, -0.25) is 4.68 Å². The van der Waals surface area contributed by atoms with Crippen LogP contribution in [-0.4, -0.2) is 50.4 Å². The van der Waals surface area contributed by atoms with Crippen LogP contribution in [0.3, 0.4) is 0 Å². The normalized spacial score (nSPS) is 27.6. The second-order valence-corrected chi connectivity index (χ2v) is 9.85. The van der Waals surface area contributed by atoms with Crippen molar-refractivity contribution in [1.29, 1.82) is 0 Å². The number of fused-ring (bicyclic) bond motifs is 2. The highest BCUT2D eigenvalue weighted by atomic mass is 35.5.